The Morgan fingerprint density at radius 3 is 2.68 bits per heavy atom. The minimum Gasteiger partial charge on any atom is -0.487 e. The van der Waals surface area contributed by atoms with Crippen molar-refractivity contribution < 1.29 is 33.3 Å². The second-order valence-electron chi connectivity index (χ2n) is 11.7. The topological polar surface area (TPSA) is 121 Å². The largest absolute Gasteiger partial charge is 0.487 e. The summed E-state index contributed by atoms with van der Waals surface area (Å²) in [6, 6.07) is 2.74. The molecule has 0 radical (unpaired) electrons. The van der Waals surface area contributed by atoms with Gasteiger partial charge in [0.05, 0.1) is 6.04 Å². The lowest BCUT2D eigenvalue weighted by Crippen LogP contribution is -2.51. The zero-order chi connectivity index (χ0) is 29.0. The van der Waals surface area contributed by atoms with E-state index < -0.39 is 30.6 Å². The van der Waals surface area contributed by atoms with Crippen LogP contribution in [0.1, 0.15) is 67.1 Å². The monoisotopic (exact) mass is 593 g/mol. The Kier molecular flexibility index (Phi) is 7.67. The fourth-order valence-corrected chi connectivity index (χ4v) is 7.97. The first-order valence-corrected chi connectivity index (χ1v) is 14.6. The molecule has 1 saturated heterocycles. The van der Waals surface area contributed by atoms with Gasteiger partial charge >= 0.3 is 0 Å². The number of aromatic nitrogens is 3. The molecule has 41 heavy (non-hydrogen) atoms. The van der Waals surface area contributed by atoms with Crippen molar-refractivity contribution in [1.29, 1.82) is 0 Å². The van der Waals surface area contributed by atoms with Gasteiger partial charge in [-0.25, -0.2) is 13.5 Å². The Morgan fingerprint density at radius 1 is 1.20 bits per heavy atom. The van der Waals surface area contributed by atoms with Crippen molar-refractivity contribution in [1.82, 2.24) is 24.8 Å². The van der Waals surface area contributed by atoms with Crippen molar-refractivity contribution in [3.8, 4) is 5.75 Å². The van der Waals surface area contributed by atoms with Crippen LogP contribution in [0.25, 0.3) is 0 Å². The summed E-state index contributed by atoms with van der Waals surface area (Å²) in [5, 5.41) is 28.5. The number of amides is 2. The Hall–Kier alpha value is -2.83. The fourth-order valence-electron chi connectivity index (χ4n) is 7.71. The van der Waals surface area contributed by atoms with Gasteiger partial charge in [-0.3, -0.25) is 9.59 Å². The molecule has 4 aliphatic rings. The highest BCUT2D eigenvalue weighted by atomic mass is 35.5. The van der Waals surface area contributed by atoms with Crippen LogP contribution in [0, 0.1) is 23.7 Å². The van der Waals surface area contributed by atoms with Crippen LogP contribution in [0.4, 0.5) is 8.78 Å². The Morgan fingerprint density at radius 2 is 1.98 bits per heavy atom. The maximum Gasteiger partial charge on any atom is 0.282 e. The van der Waals surface area contributed by atoms with Gasteiger partial charge < -0.3 is 24.7 Å². The minimum atomic E-state index is -2.79. The number of hydrogen-bond donors (Lipinski definition) is 2. The Bertz CT molecular complexity index is 1340. The van der Waals surface area contributed by atoms with Crippen molar-refractivity contribution in [3.05, 3.63) is 39.7 Å². The molecule has 6 rings (SSSR count). The molecule has 5 atom stereocenters. The third-order valence-electron chi connectivity index (χ3n) is 9.54. The highest BCUT2D eigenvalue weighted by molar-refractivity contribution is 6.31. The molecule has 0 spiro atoms. The summed E-state index contributed by atoms with van der Waals surface area (Å²) in [4.78, 5) is 30.5. The van der Waals surface area contributed by atoms with E-state index in [-0.39, 0.29) is 48.2 Å². The molecule has 1 aromatic heterocycles. The van der Waals surface area contributed by atoms with Gasteiger partial charge in [-0.05, 0) is 61.6 Å². The molecular formula is C28H34ClF2N5O5. The number of rotatable bonds is 8. The first-order chi connectivity index (χ1) is 19.7. The van der Waals surface area contributed by atoms with Crippen LogP contribution in [-0.2, 0) is 29.7 Å². The van der Waals surface area contributed by atoms with Crippen molar-refractivity contribution >= 4 is 23.4 Å². The number of likely N-dealkylation sites (tertiary alicyclic amines) is 1. The van der Waals surface area contributed by atoms with Crippen LogP contribution < -0.4 is 4.74 Å². The van der Waals surface area contributed by atoms with Gasteiger partial charge in [0.25, 0.3) is 6.43 Å². The summed E-state index contributed by atoms with van der Waals surface area (Å²) >= 11 is 6.65. The Labute approximate surface area is 241 Å². The molecule has 3 fully saturated rings. The summed E-state index contributed by atoms with van der Waals surface area (Å²) in [6.07, 6.45) is -0.243. The summed E-state index contributed by atoms with van der Waals surface area (Å²) in [5.41, 5.74) is 1.09. The number of ether oxygens (including phenoxy) is 1. The van der Waals surface area contributed by atoms with Crippen LogP contribution >= 0.6 is 11.6 Å². The number of alkyl halides is 2. The number of benzene rings is 1. The number of aliphatic hydroxyl groups excluding tert-OH is 1. The van der Waals surface area contributed by atoms with Gasteiger partial charge in [0.15, 0.2) is 6.29 Å². The first kappa shape index (κ1) is 28.3. The second kappa shape index (κ2) is 11.1. The van der Waals surface area contributed by atoms with Crippen LogP contribution in [0.15, 0.2) is 12.1 Å². The zero-order valence-electron chi connectivity index (χ0n) is 22.8. The number of aliphatic hydroxyl groups is 2. The average molecular weight is 594 g/mol. The highest BCUT2D eigenvalue weighted by Gasteiger charge is 2.55. The molecule has 2 aliphatic heterocycles. The van der Waals surface area contributed by atoms with Gasteiger partial charge in [-0.2, -0.15) is 0 Å². The van der Waals surface area contributed by atoms with Crippen LogP contribution in [0.3, 0.4) is 0 Å². The fraction of sp³-hybridized carbons (Fsp3) is 0.643. The molecule has 2 saturated carbocycles. The van der Waals surface area contributed by atoms with Crippen molar-refractivity contribution in [2.45, 2.75) is 63.9 Å². The number of nitrogens with zero attached hydrogens (tertiary/aromatic N) is 5. The number of carbonyl (C=O) groups excluding carboxylic acids is 2. The normalized spacial score (nSPS) is 27.4. The van der Waals surface area contributed by atoms with E-state index in [0.717, 1.165) is 35.9 Å². The molecule has 2 N–H and O–H groups in total. The zero-order valence-corrected chi connectivity index (χ0v) is 23.5. The van der Waals surface area contributed by atoms with Gasteiger partial charge in [0.1, 0.15) is 23.7 Å². The summed E-state index contributed by atoms with van der Waals surface area (Å²) in [6.45, 7) is 0.876. The quantitative estimate of drug-likeness (QED) is 0.451. The highest BCUT2D eigenvalue weighted by Crippen LogP contribution is 2.55. The average Bonchev–Trinajstić information content (AvgIpc) is 3.73. The lowest BCUT2D eigenvalue weighted by molar-refractivity contribution is -0.156. The predicted molar refractivity (Wildman–Crippen MR) is 142 cm³/mol. The van der Waals surface area contributed by atoms with Crippen LogP contribution in [0.2, 0.25) is 5.02 Å². The third kappa shape index (κ3) is 4.97. The molecule has 2 bridgehead atoms. The maximum atomic E-state index is 14.3. The van der Waals surface area contributed by atoms with Crippen LogP contribution in [-0.4, -0.2) is 72.7 Å². The molecule has 3 heterocycles. The summed E-state index contributed by atoms with van der Waals surface area (Å²) in [7, 11) is 1.39. The maximum absolute atomic E-state index is 14.3. The first-order valence-electron chi connectivity index (χ1n) is 14.2. The lowest BCUT2D eigenvalue weighted by atomic mass is 9.77. The molecule has 2 aromatic rings. The van der Waals surface area contributed by atoms with Crippen molar-refractivity contribution in [2.24, 2.45) is 30.7 Å². The number of hydrogen-bond acceptors (Lipinski definition) is 7. The van der Waals surface area contributed by atoms with Crippen molar-refractivity contribution in [2.75, 3.05) is 19.6 Å². The molecule has 13 heteroatoms. The number of halogens is 3. The van der Waals surface area contributed by atoms with Gasteiger partial charge in [-0.1, -0.05) is 16.8 Å². The number of aryl methyl sites for hydroxylation is 1. The number of fused-ring (bicyclic) bond motifs is 3. The SMILES string of the molecule is Cn1nnc(COc2ccc(Cl)c3c2[C@@H](CN2CCCC2=O)N(C(=O)C2C4CCC(C4)C2C(O)O)CC3)c1C(F)F. The van der Waals surface area contributed by atoms with E-state index in [1.165, 1.54) is 7.05 Å². The van der Waals surface area contributed by atoms with E-state index in [2.05, 4.69) is 10.3 Å². The predicted octanol–water partition coefficient (Wildman–Crippen LogP) is 3.01. The van der Waals surface area contributed by atoms with E-state index in [0.29, 0.717) is 42.3 Å². The lowest BCUT2D eigenvalue weighted by Gasteiger charge is -2.43. The van der Waals surface area contributed by atoms with E-state index in [9.17, 15) is 28.6 Å². The van der Waals surface area contributed by atoms with Crippen LogP contribution in [0.5, 0.6) is 5.75 Å². The summed E-state index contributed by atoms with van der Waals surface area (Å²) < 4.78 is 34.4. The Balaban J connectivity index is 1.37. The summed E-state index contributed by atoms with van der Waals surface area (Å²) in [5.74, 6) is -0.671. The minimum absolute atomic E-state index is 0.00117. The van der Waals surface area contributed by atoms with Gasteiger partial charge in [0, 0.05) is 55.5 Å². The molecule has 4 unspecified atom stereocenters. The smallest absolute Gasteiger partial charge is 0.282 e. The standard InChI is InChI=1S/C28H34ClF2N5O5/c1-34-25(26(30)31)18(32-33-34)13-41-20-7-6-17(29)16-8-10-36(19(24(16)20)12-35-9-2-3-21(35)37)27(38)22-14-4-5-15(11-14)23(22)28(39)40/h6-7,14-15,19,22-23,26,28,39-40H,2-5,8-13H2,1H3/t14?,15?,19-,22?,23?/m1/s1. The van der Waals surface area contributed by atoms with E-state index in [1.54, 1.807) is 21.9 Å². The second-order valence-corrected chi connectivity index (χ2v) is 12.1. The van der Waals surface area contributed by atoms with Gasteiger partial charge in [-0.15, -0.1) is 5.10 Å². The van der Waals surface area contributed by atoms with Gasteiger partial charge in [0.2, 0.25) is 11.8 Å². The molecular weight excluding hydrogens is 560 g/mol. The van der Waals surface area contributed by atoms with E-state index in [1.807, 2.05) is 0 Å². The molecule has 222 valence electrons. The molecule has 2 amide bonds. The molecule has 10 nitrogen and oxygen atoms in total. The van der Waals surface area contributed by atoms with Crippen molar-refractivity contribution in [3.63, 3.8) is 0 Å². The number of carbonyl (C=O) groups is 2. The molecule has 2 aliphatic carbocycles. The van der Waals surface area contributed by atoms with E-state index >= 15 is 0 Å². The molecule has 1 aromatic carbocycles. The third-order valence-corrected chi connectivity index (χ3v) is 9.90. The van der Waals surface area contributed by atoms with E-state index in [4.69, 9.17) is 16.3 Å².